The highest BCUT2D eigenvalue weighted by Crippen LogP contribution is 2.33. The third-order valence-corrected chi connectivity index (χ3v) is 5.43. The molecule has 34 heavy (non-hydrogen) atoms. The lowest BCUT2D eigenvalue weighted by Gasteiger charge is -2.10. The molecule has 2 aromatic heterocycles. The number of carbonyl (C=O) groups is 1. The molecule has 2 heterocycles. The Morgan fingerprint density at radius 3 is 2.47 bits per heavy atom. The van der Waals surface area contributed by atoms with Crippen molar-refractivity contribution in [2.45, 2.75) is 20.1 Å². The Balaban J connectivity index is 1.39. The highest BCUT2D eigenvalue weighted by molar-refractivity contribution is 5.87. The Labute approximate surface area is 197 Å². The first-order valence-electron chi connectivity index (χ1n) is 11.0. The molecule has 0 spiro atoms. The molecule has 0 unspecified atom stereocenters. The normalized spacial score (nSPS) is 10.9. The van der Waals surface area contributed by atoms with Crippen molar-refractivity contribution < 1.29 is 9.53 Å². The van der Waals surface area contributed by atoms with Crippen LogP contribution in [0, 0.1) is 6.92 Å². The van der Waals surface area contributed by atoms with Gasteiger partial charge in [0.25, 0.3) is 0 Å². The molecule has 0 fully saturated rings. The molecule has 7 heteroatoms. The molecule has 0 amide bonds. The van der Waals surface area contributed by atoms with E-state index >= 15 is 0 Å². The first-order valence-corrected chi connectivity index (χ1v) is 11.0. The number of rotatable bonds is 8. The molecule has 0 bridgehead atoms. The maximum absolute atomic E-state index is 11.9. The summed E-state index contributed by atoms with van der Waals surface area (Å²) in [6.07, 6.45) is 4.43. The van der Waals surface area contributed by atoms with Gasteiger partial charge in [-0.15, -0.1) is 5.10 Å². The monoisotopic (exact) mass is 449 g/mol. The van der Waals surface area contributed by atoms with Gasteiger partial charge in [0.15, 0.2) is 6.29 Å². The lowest BCUT2D eigenvalue weighted by molar-refractivity contribution is 0.112. The molecule has 5 aromatic rings. The van der Waals surface area contributed by atoms with Crippen molar-refractivity contribution in [1.82, 2.24) is 24.8 Å². The Morgan fingerprint density at radius 2 is 1.71 bits per heavy atom. The minimum absolute atomic E-state index is 0.251. The van der Waals surface area contributed by atoms with Gasteiger partial charge in [-0.05, 0) is 36.8 Å². The van der Waals surface area contributed by atoms with Crippen molar-refractivity contribution in [3.05, 3.63) is 114 Å². The Morgan fingerprint density at radius 1 is 0.941 bits per heavy atom. The van der Waals surface area contributed by atoms with E-state index in [0.717, 1.165) is 28.7 Å². The Bertz CT molecular complexity index is 1410. The molecule has 0 aliphatic heterocycles. The minimum atomic E-state index is 0.251. The molecule has 3 aromatic carbocycles. The average molecular weight is 450 g/mol. The van der Waals surface area contributed by atoms with Gasteiger partial charge in [-0.25, -0.2) is 9.36 Å². The summed E-state index contributed by atoms with van der Waals surface area (Å²) in [7, 11) is 0. The smallest absolute Gasteiger partial charge is 0.153 e. The Hall–Kier alpha value is -4.52. The lowest BCUT2D eigenvalue weighted by Crippen LogP contribution is -2.00. The molecular formula is C27H23N5O2. The first-order chi connectivity index (χ1) is 16.7. The second-order valence-corrected chi connectivity index (χ2v) is 8.01. The van der Waals surface area contributed by atoms with Crippen LogP contribution in [0.3, 0.4) is 0 Å². The van der Waals surface area contributed by atoms with E-state index in [4.69, 9.17) is 9.84 Å². The maximum atomic E-state index is 11.9. The third kappa shape index (κ3) is 4.63. The zero-order chi connectivity index (χ0) is 23.3. The zero-order valence-corrected chi connectivity index (χ0v) is 18.7. The van der Waals surface area contributed by atoms with E-state index in [1.165, 1.54) is 0 Å². The van der Waals surface area contributed by atoms with Crippen LogP contribution in [0.15, 0.2) is 91.3 Å². The first kappa shape index (κ1) is 21.3. The molecule has 5 rings (SSSR count). The molecule has 0 saturated carbocycles. The van der Waals surface area contributed by atoms with E-state index in [1.54, 1.807) is 15.6 Å². The van der Waals surface area contributed by atoms with Crippen molar-refractivity contribution in [2.24, 2.45) is 0 Å². The molecule has 0 N–H and O–H groups in total. The summed E-state index contributed by atoms with van der Waals surface area (Å²) in [5.41, 5.74) is 5.61. The molecule has 7 nitrogen and oxygen atoms in total. The van der Waals surface area contributed by atoms with Crippen molar-refractivity contribution >= 4 is 6.29 Å². The van der Waals surface area contributed by atoms with E-state index in [1.807, 2.05) is 79.9 Å². The number of carbonyl (C=O) groups excluding carboxylic acids is 1. The topological polar surface area (TPSA) is 74.8 Å². The highest BCUT2D eigenvalue weighted by atomic mass is 16.5. The predicted octanol–water partition coefficient (Wildman–Crippen LogP) is 4.88. The summed E-state index contributed by atoms with van der Waals surface area (Å²) < 4.78 is 9.63. The van der Waals surface area contributed by atoms with Crippen LogP contribution in [0.25, 0.3) is 16.9 Å². The zero-order valence-electron chi connectivity index (χ0n) is 18.7. The molecule has 0 atom stereocenters. The standard InChI is InChI=1S/C27H23N5O2/c1-20-12-13-26(34-19-23-17-31(30-28-23)15-21-8-4-2-5-9-21)25(14-20)27-22(18-33)16-32(29-27)24-10-6-3-7-11-24/h2-14,16-18H,15,19H2,1H3. The van der Waals surface area contributed by atoms with Gasteiger partial charge >= 0.3 is 0 Å². The van der Waals surface area contributed by atoms with Crippen LogP contribution in [-0.2, 0) is 13.2 Å². The van der Waals surface area contributed by atoms with Crippen LogP contribution >= 0.6 is 0 Å². The molecular weight excluding hydrogens is 426 g/mol. The molecule has 0 aliphatic rings. The van der Waals surface area contributed by atoms with Crippen LogP contribution in [-0.4, -0.2) is 31.1 Å². The fourth-order valence-electron chi connectivity index (χ4n) is 3.75. The van der Waals surface area contributed by atoms with Gasteiger partial charge in [0.1, 0.15) is 23.7 Å². The van der Waals surface area contributed by atoms with Gasteiger partial charge in [-0.3, -0.25) is 4.79 Å². The Kier molecular flexibility index (Phi) is 5.99. The number of aromatic nitrogens is 5. The largest absolute Gasteiger partial charge is 0.486 e. The van der Waals surface area contributed by atoms with Crippen molar-refractivity contribution in [3.63, 3.8) is 0 Å². The van der Waals surface area contributed by atoms with Gasteiger partial charge in [0, 0.05) is 11.8 Å². The van der Waals surface area contributed by atoms with Crippen LogP contribution in [0.1, 0.15) is 27.2 Å². The van der Waals surface area contributed by atoms with E-state index in [0.29, 0.717) is 29.2 Å². The minimum Gasteiger partial charge on any atom is -0.486 e. The van der Waals surface area contributed by atoms with Crippen LogP contribution < -0.4 is 4.74 Å². The second kappa shape index (κ2) is 9.54. The van der Waals surface area contributed by atoms with Gasteiger partial charge in [-0.1, -0.05) is 65.4 Å². The fraction of sp³-hybridized carbons (Fsp3) is 0.111. The maximum Gasteiger partial charge on any atom is 0.153 e. The molecule has 0 saturated heterocycles. The summed E-state index contributed by atoms with van der Waals surface area (Å²) >= 11 is 0. The SMILES string of the molecule is Cc1ccc(OCc2cn(Cc3ccccc3)nn2)c(-c2nn(-c3ccccc3)cc2C=O)c1. The summed E-state index contributed by atoms with van der Waals surface area (Å²) in [6, 6.07) is 25.6. The number of aryl methyl sites for hydroxylation is 1. The lowest BCUT2D eigenvalue weighted by atomic mass is 10.0. The molecule has 0 radical (unpaired) electrons. The number of benzene rings is 3. The van der Waals surface area contributed by atoms with Crippen molar-refractivity contribution in [3.8, 4) is 22.7 Å². The van der Waals surface area contributed by atoms with Crippen molar-refractivity contribution in [1.29, 1.82) is 0 Å². The number of aldehydes is 1. The van der Waals surface area contributed by atoms with Crippen LogP contribution in [0.2, 0.25) is 0 Å². The number of hydrogen-bond donors (Lipinski definition) is 0. The van der Waals surface area contributed by atoms with Gasteiger partial charge in [-0.2, -0.15) is 5.10 Å². The number of nitrogens with zero attached hydrogens (tertiary/aromatic N) is 5. The summed E-state index contributed by atoms with van der Waals surface area (Å²) in [4.78, 5) is 11.9. The fourth-order valence-corrected chi connectivity index (χ4v) is 3.75. The van der Waals surface area contributed by atoms with E-state index in [9.17, 15) is 4.79 Å². The van der Waals surface area contributed by atoms with Crippen molar-refractivity contribution in [2.75, 3.05) is 0 Å². The van der Waals surface area contributed by atoms with E-state index in [2.05, 4.69) is 22.4 Å². The molecule has 168 valence electrons. The van der Waals surface area contributed by atoms with Crippen LogP contribution in [0.4, 0.5) is 0 Å². The van der Waals surface area contributed by atoms with E-state index < -0.39 is 0 Å². The summed E-state index contributed by atoms with van der Waals surface area (Å²) in [5, 5.41) is 13.1. The van der Waals surface area contributed by atoms with E-state index in [-0.39, 0.29) is 6.61 Å². The highest BCUT2D eigenvalue weighted by Gasteiger charge is 2.17. The molecule has 0 aliphatic carbocycles. The average Bonchev–Trinajstić information content (AvgIpc) is 3.51. The number of ether oxygens (including phenoxy) is 1. The second-order valence-electron chi connectivity index (χ2n) is 8.01. The van der Waals surface area contributed by atoms with Crippen LogP contribution in [0.5, 0.6) is 5.75 Å². The van der Waals surface area contributed by atoms with Gasteiger partial charge in [0.2, 0.25) is 0 Å². The number of hydrogen-bond acceptors (Lipinski definition) is 5. The van der Waals surface area contributed by atoms with Gasteiger partial charge in [0.05, 0.1) is 24.0 Å². The van der Waals surface area contributed by atoms with Gasteiger partial charge < -0.3 is 4.74 Å². The quantitative estimate of drug-likeness (QED) is 0.316. The summed E-state index contributed by atoms with van der Waals surface area (Å²) in [5.74, 6) is 0.629. The summed E-state index contributed by atoms with van der Waals surface area (Å²) in [6.45, 7) is 2.89. The number of para-hydroxylation sites is 1. The predicted molar refractivity (Wildman–Crippen MR) is 129 cm³/mol. The third-order valence-electron chi connectivity index (χ3n) is 5.43.